The van der Waals surface area contributed by atoms with Crippen molar-refractivity contribution in [2.24, 2.45) is 0 Å². The van der Waals surface area contributed by atoms with Crippen LogP contribution in [-0.4, -0.2) is 57.5 Å². The summed E-state index contributed by atoms with van der Waals surface area (Å²) in [6, 6.07) is 2.82. The number of carbonyl (C=O) groups is 3. The Labute approximate surface area is 178 Å². The number of aromatic nitrogens is 1. The lowest BCUT2D eigenvalue weighted by atomic mass is 10.1. The molecule has 3 fully saturated rings. The van der Waals surface area contributed by atoms with Crippen molar-refractivity contribution in [1.29, 1.82) is 5.26 Å². The quantitative estimate of drug-likeness (QED) is 0.656. The summed E-state index contributed by atoms with van der Waals surface area (Å²) in [5, 5.41) is 12.7. The van der Waals surface area contributed by atoms with E-state index in [1.165, 1.54) is 21.9 Å². The maximum Gasteiger partial charge on any atom is 0.417 e. The Morgan fingerprint density at radius 3 is 2.66 bits per heavy atom. The summed E-state index contributed by atoms with van der Waals surface area (Å²) >= 11 is 0. The number of fused-ring (bicyclic) bond motifs is 5. The highest BCUT2D eigenvalue weighted by Crippen LogP contribution is 2.43. The number of hydrogen-bond donors (Lipinski definition) is 0. The van der Waals surface area contributed by atoms with Gasteiger partial charge in [0, 0.05) is 12.6 Å². The van der Waals surface area contributed by atoms with E-state index < -0.39 is 53.3 Å². The molecule has 4 heterocycles. The summed E-state index contributed by atoms with van der Waals surface area (Å²) in [5.74, 6) is -0.710. The topological polar surface area (TPSA) is 111 Å². The van der Waals surface area contributed by atoms with Gasteiger partial charge < -0.3 is 14.3 Å². The fraction of sp³-hybridized carbons (Fsp3) is 0.350. The first-order valence-corrected chi connectivity index (χ1v) is 9.63. The molecule has 3 atom stereocenters. The van der Waals surface area contributed by atoms with Gasteiger partial charge in [0.05, 0.1) is 35.0 Å². The number of nitrogens with zero attached hydrogens (tertiary/aromatic N) is 5. The van der Waals surface area contributed by atoms with Gasteiger partial charge in [-0.05, 0) is 31.5 Å². The minimum atomic E-state index is -4.83. The lowest BCUT2D eigenvalue weighted by Crippen LogP contribution is -2.54. The number of halogens is 3. The number of urea groups is 1. The van der Waals surface area contributed by atoms with Gasteiger partial charge in [-0.25, -0.2) is 9.69 Å². The molecule has 0 spiro atoms. The molecular weight excluding hydrogens is 431 g/mol. The monoisotopic (exact) mass is 445 g/mol. The Morgan fingerprint density at radius 2 is 2.03 bits per heavy atom. The maximum atomic E-state index is 13.4. The molecule has 2 bridgehead atoms. The van der Waals surface area contributed by atoms with E-state index in [9.17, 15) is 27.6 Å². The SMILES string of the molecule is Cc1cc(C(=O)N2C[C@H]3CC2[C@@H]2C(=O)N(c4ccc(C#N)c(C(F)(F)F)c4)C(=O)N32)no1. The van der Waals surface area contributed by atoms with Gasteiger partial charge in [-0.2, -0.15) is 18.4 Å². The van der Waals surface area contributed by atoms with Crippen molar-refractivity contribution in [3.05, 3.63) is 46.8 Å². The van der Waals surface area contributed by atoms with Crippen molar-refractivity contribution < 1.29 is 32.1 Å². The molecule has 0 aliphatic carbocycles. The molecule has 0 N–H and O–H groups in total. The second-order valence-corrected chi connectivity index (χ2v) is 7.88. The van der Waals surface area contributed by atoms with Crippen LogP contribution in [0.5, 0.6) is 0 Å². The number of imide groups is 1. The molecule has 1 unspecified atom stereocenters. The normalized spacial score (nSPS) is 24.3. The van der Waals surface area contributed by atoms with E-state index in [-0.39, 0.29) is 17.9 Å². The molecule has 4 amide bonds. The second kappa shape index (κ2) is 6.56. The molecule has 32 heavy (non-hydrogen) atoms. The number of aryl methyl sites for hydroxylation is 1. The fourth-order valence-corrected chi connectivity index (χ4v) is 4.75. The number of carbonyl (C=O) groups excluding carboxylic acids is 3. The Bertz CT molecular complexity index is 1220. The number of benzene rings is 1. The standard InChI is InChI=1S/C20H14F3N5O4/c1-9-4-14(25-32-9)17(29)26-8-12-6-15(26)16-18(30)28(19(31)27(12)16)11-3-2-10(7-24)13(5-11)20(21,22)23/h2-5,12,15-16H,6,8H2,1H3/t12-,15?,16-/m1/s1. The van der Waals surface area contributed by atoms with E-state index in [4.69, 9.17) is 9.78 Å². The molecule has 3 aliphatic rings. The van der Waals surface area contributed by atoms with Crippen LogP contribution < -0.4 is 4.90 Å². The number of piperazine rings is 1. The largest absolute Gasteiger partial charge is 0.417 e. The Morgan fingerprint density at radius 1 is 1.28 bits per heavy atom. The zero-order valence-corrected chi connectivity index (χ0v) is 16.5. The summed E-state index contributed by atoms with van der Waals surface area (Å²) in [6.45, 7) is 1.81. The summed E-state index contributed by atoms with van der Waals surface area (Å²) in [6.07, 6.45) is -4.44. The molecule has 0 radical (unpaired) electrons. The van der Waals surface area contributed by atoms with Gasteiger partial charge in [0.2, 0.25) is 0 Å². The van der Waals surface area contributed by atoms with Crippen LogP contribution in [0.25, 0.3) is 0 Å². The van der Waals surface area contributed by atoms with Crippen molar-refractivity contribution in [2.75, 3.05) is 11.4 Å². The predicted molar refractivity (Wildman–Crippen MR) is 99.1 cm³/mol. The fourth-order valence-electron chi connectivity index (χ4n) is 4.75. The van der Waals surface area contributed by atoms with Crippen LogP contribution in [0.2, 0.25) is 0 Å². The van der Waals surface area contributed by atoms with E-state index >= 15 is 0 Å². The van der Waals surface area contributed by atoms with Crippen molar-refractivity contribution >= 4 is 23.5 Å². The van der Waals surface area contributed by atoms with E-state index in [1.807, 2.05) is 0 Å². The highest BCUT2D eigenvalue weighted by atomic mass is 19.4. The van der Waals surface area contributed by atoms with Gasteiger partial charge >= 0.3 is 12.2 Å². The van der Waals surface area contributed by atoms with Crippen LogP contribution in [0.15, 0.2) is 28.8 Å². The molecule has 1 aromatic heterocycles. The van der Waals surface area contributed by atoms with E-state index in [2.05, 4.69) is 5.16 Å². The van der Waals surface area contributed by atoms with E-state index in [0.29, 0.717) is 23.1 Å². The third-order valence-corrected chi connectivity index (χ3v) is 6.06. The summed E-state index contributed by atoms with van der Waals surface area (Å²) in [4.78, 5) is 42.5. The minimum Gasteiger partial charge on any atom is -0.361 e. The Hall–Kier alpha value is -3.88. The maximum absolute atomic E-state index is 13.4. The van der Waals surface area contributed by atoms with Crippen molar-refractivity contribution in [1.82, 2.24) is 15.0 Å². The molecule has 5 rings (SSSR count). The highest BCUT2D eigenvalue weighted by molar-refractivity contribution is 6.22. The zero-order chi connectivity index (χ0) is 22.9. The highest BCUT2D eigenvalue weighted by Gasteiger charge is 2.63. The minimum absolute atomic E-state index is 0.0807. The average Bonchev–Trinajstić information content (AvgIpc) is 3.50. The molecule has 1 aromatic carbocycles. The number of nitriles is 1. The van der Waals surface area contributed by atoms with Gasteiger partial charge in [-0.15, -0.1) is 0 Å². The molecule has 12 heteroatoms. The first-order chi connectivity index (χ1) is 15.1. The number of likely N-dealkylation sites (tertiary alicyclic amines) is 1. The molecule has 2 aromatic rings. The molecular formula is C20H14F3N5O4. The van der Waals surface area contributed by atoms with Crippen LogP contribution in [0.1, 0.15) is 33.8 Å². The molecule has 164 valence electrons. The number of anilines is 1. The van der Waals surface area contributed by atoms with Crippen molar-refractivity contribution in [3.63, 3.8) is 0 Å². The van der Waals surface area contributed by atoms with Crippen LogP contribution in [0.3, 0.4) is 0 Å². The van der Waals surface area contributed by atoms with E-state index in [1.54, 1.807) is 6.92 Å². The van der Waals surface area contributed by atoms with Gasteiger partial charge in [-0.3, -0.25) is 9.59 Å². The number of amides is 4. The van der Waals surface area contributed by atoms with Gasteiger partial charge in [0.1, 0.15) is 11.8 Å². The van der Waals surface area contributed by atoms with Crippen molar-refractivity contribution in [2.45, 2.75) is 37.6 Å². The second-order valence-electron chi connectivity index (χ2n) is 7.88. The third-order valence-electron chi connectivity index (χ3n) is 6.06. The zero-order valence-electron chi connectivity index (χ0n) is 16.5. The van der Waals surface area contributed by atoms with Crippen LogP contribution in [-0.2, 0) is 11.0 Å². The molecule has 3 saturated heterocycles. The van der Waals surface area contributed by atoms with Gasteiger partial charge in [-0.1, -0.05) is 5.16 Å². The molecule has 0 saturated carbocycles. The first-order valence-electron chi connectivity index (χ1n) is 9.63. The predicted octanol–water partition coefficient (Wildman–Crippen LogP) is 2.31. The first kappa shape index (κ1) is 20.0. The van der Waals surface area contributed by atoms with Crippen LogP contribution in [0, 0.1) is 18.3 Å². The number of hydrogen-bond acceptors (Lipinski definition) is 6. The molecule has 3 aliphatic heterocycles. The third kappa shape index (κ3) is 2.70. The molecule has 9 nitrogen and oxygen atoms in total. The Balaban J connectivity index is 1.47. The smallest absolute Gasteiger partial charge is 0.361 e. The number of alkyl halides is 3. The summed E-state index contributed by atoms with van der Waals surface area (Å²) < 4.78 is 45.0. The average molecular weight is 445 g/mol. The van der Waals surface area contributed by atoms with Gasteiger partial charge in [0.15, 0.2) is 5.69 Å². The van der Waals surface area contributed by atoms with Crippen LogP contribution >= 0.6 is 0 Å². The Kier molecular flexibility index (Phi) is 4.11. The van der Waals surface area contributed by atoms with E-state index in [0.717, 1.165) is 12.1 Å². The van der Waals surface area contributed by atoms with Crippen LogP contribution in [0.4, 0.5) is 23.7 Å². The lowest BCUT2D eigenvalue weighted by Gasteiger charge is -2.34. The number of rotatable bonds is 2. The lowest BCUT2D eigenvalue weighted by molar-refractivity contribution is -0.137. The summed E-state index contributed by atoms with van der Waals surface area (Å²) in [5.41, 5.74) is -2.03. The summed E-state index contributed by atoms with van der Waals surface area (Å²) in [7, 11) is 0. The van der Waals surface area contributed by atoms with Gasteiger partial charge in [0.25, 0.3) is 11.8 Å². The van der Waals surface area contributed by atoms with Crippen molar-refractivity contribution in [3.8, 4) is 6.07 Å².